The molecule has 2 heterocycles. The van der Waals surface area contributed by atoms with Crippen LogP contribution in [0.15, 0.2) is 30.6 Å². The number of hydrogen-bond donors (Lipinski definition) is 2. The molecule has 2 rings (SSSR count). The Bertz CT molecular complexity index is 670. The molecule has 1 fully saturated rings. The van der Waals surface area contributed by atoms with Gasteiger partial charge >= 0.3 is 6.09 Å². The highest BCUT2D eigenvalue weighted by atomic mass is 16.6. The fraction of sp³-hybridized carbons (Fsp3) is 0.550. The lowest BCUT2D eigenvalue weighted by atomic mass is 9.92. The molecule has 0 aromatic carbocycles. The van der Waals surface area contributed by atoms with Gasteiger partial charge in [0.1, 0.15) is 5.60 Å². The summed E-state index contributed by atoms with van der Waals surface area (Å²) in [5, 5.41) is 13.2. The zero-order chi connectivity index (χ0) is 20.0. The SMILES string of the molecule is CC1CN(C(=O)OC(C)(C)C)CC1C(O)CNC(=O)/C=C/c1cccnc1. The van der Waals surface area contributed by atoms with Crippen molar-refractivity contribution in [2.75, 3.05) is 19.6 Å². The molecule has 7 heteroatoms. The van der Waals surface area contributed by atoms with Crippen LogP contribution < -0.4 is 5.32 Å². The molecule has 1 aromatic heterocycles. The smallest absolute Gasteiger partial charge is 0.410 e. The Kier molecular flexibility index (Phi) is 6.96. The summed E-state index contributed by atoms with van der Waals surface area (Å²) in [4.78, 5) is 29.7. The fourth-order valence-electron chi connectivity index (χ4n) is 3.03. The van der Waals surface area contributed by atoms with E-state index >= 15 is 0 Å². The minimum absolute atomic E-state index is 0.111. The maximum Gasteiger partial charge on any atom is 0.410 e. The third-order valence-corrected chi connectivity index (χ3v) is 4.41. The Morgan fingerprint density at radius 2 is 2.19 bits per heavy atom. The monoisotopic (exact) mass is 375 g/mol. The van der Waals surface area contributed by atoms with Crippen LogP contribution in [-0.2, 0) is 9.53 Å². The summed E-state index contributed by atoms with van der Waals surface area (Å²) >= 11 is 0. The predicted molar refractivity (Wildman–Crippen MR) is 103 cm³/mol. The number of nitrogens with one attached hydrogen (secondary N) is 1. The number of amides is 2. The van der Waals surface area contributed by atoms with Crippen LogP contribution in [0.5, 0.6) is 0 Å². The van der Waals surface area contributed by atoms with Crippen LogP contribution in [0.2, 0.25) is 0 Å². The average Bonchev–Trinajstić information content (AvgIpc) is 2.99. The highest BCUT2D eigenvalue weighted by Crippen LogP contribution is 2.27. The third kappa shape index (κ3) is 6.67. The van der Waals surface area contributed by atoms with Crippen molar-refractivity contribution in [2.24, 2.45) is 11.8 Å². The lowest BCUT2D eigenvalue weighted by Crippen LogP contribution is -2.39. The number of rotatable bonds is 5. The minimum Gasteiger partial charge on any atom is -0.444 e. The Morgan fingerprint density at radius 1 is 1.44 bits per heavy atom. The van der Waals surface area contributed by atoms with E-state index in [0.717, 1.165) is 5.56 Å². The van der Waals surface area contributed by atoms with E-state index in [1.54, 1.807) is 29.4 Å². The molecule has 0 saturated carbocycles. The van der Waals surface area contributed by atoms with Crippen LogP contribution in [0.25, 0.3) is 6.08 Å². The van der Waals surface area contributed by atoms with Crippen LogP contribution in [0.4, 0.5) is 4.79 Å². The molecular weight excluding hydrogens is 346 g/mol. The second kappa shape index (κ2) is 8.99. The predicted octanol–water partition coefficient (Wildman–Crippen LogP) is 2.07. The molecule has 0 spiro atoms. The maximum absolute atomic E-state index is 12.2. The first-order valence-electron chi connectivity index (χ1n) is 9.17. The number of aliphatic hydroxyl groups excluding tert-OH is 1. The molecule has 0 bridgehead atoms. The van der Waals surface area contributed by atoms with E-state index in [-0.39, 0.29) is 30.4 Å². The first-order valence-corrected chi connectivity index (χ1v) is 9.17. The lowest BCUT2D eigenvalue weighted by Gasteiger charge is -2.25. The molecule has 1 aliphatic heterocycles. The van der Waals surface area contributed by atoms with Gasteiger partial charge in [-0.2, -0.15) is 0 Å². The van der Waals surface area contributed by atoms with Crippen LogP contribution in [0.1, 0.15) is 33.3 Å². The third-order valence-electron chi connectivity index (χ3n) is 4.41. The van der Waals surface area contributed by atoms with E-state index < -0.39 is 11.7 Å². The van der Waals surface area contributed by atoms with Gasteiger partial charge in [-0.3, -0.25) is 9.78 Å². The highest BCUT2D eigenvalue weighted by molar-refractivity contribution is 5.91. The number of carbonyl (C=O) groups is 2. The molecule has 0 radical (unpaired) electrons. The number of aliphatic hydroxyl groups is 1. The van der Waals surface area contributed by atoms with Crippen molar-refractivity contribution in [3.8, 4) is 0 Å². The summed E-state index contributed by atoms with van der Waals surface area (Å²) in [6.45, 7) is 8.54. The Labute approximate surface area is 160 Å². The van der Waals surface area contributed by atoms with Crippen molar-refractivity contribution in [2.45, 2.75) is 39.4 Å². The summed E-state index contributed by atoms with van der Waals surface area (Å²) in [6, 6.07) is 3.64. The molecular formula is C20H29N3O4. The number of ether oxygens (including phenoxy) is 1. The van der Waals surface area contributed by atoms with E-state index in [4.69, 9.17) is 4.74 Å². The van der Waals surface area contributed by atoms with E-state index in [1.165, 1.54) is 6.08 Å². The van der Waals surface area contributed by atoms with Crippen LogP contribution in [0, 0.1) is 11.8 Å². The van der Waals surface area contributed by atoms with Gasteiger partial charge in [-0.05, 0) is 44.4 Å². The van der Waals surface area contributed by atoms with Crippen molar-refractivity contribution < 1.29 is 19.4 Å². The Morgan fingerprint density at radius 3 is 2.81 bits per heavy atom. The van der Waals surface area contributed by atoms with Gasteiger partial charge in [0.05, 0.1) is 6.10 Å². The number of pyridine rings is 1. The van der Waals surface area contributed by atoms with Crippen molar-refractivity contribution >= 4 is 18.1 Å². The van der Waals surface area contributed by atoms with Gasteiger partial charge in [-0.25, -0.2) is 4.79 Å². The van der Waals surface area contributed by atoms with E-state index in [1.807, 2.05) is 33.8 Å². The molecule has 1 aliphatic rings. The molecule has 7 nitrogen and oxygen atoms in total. The zero-order valence-electron chi connectivity index (χ0n) is 16.4. The number of hydrogen-bond acceptors (Lipinski definition) is 5. The zero-order valence-corrected chi connectivity index (χ0v) is 16.4. The highest BCUT2D eigenvalue weighted by Gasteiger charge is 2.38. The summed E-state index contributed by atoms with van der Waals surface area (Å²) in [5.74, 6) is -0.275. The van der Waals surface area contributed by atoms with Gasteiger partial charge in [0.25, 0.3) is 0 Å². The summed E-state index contributed by atoms with van der Waals surface area (Å²) < 4.78 is 5.39. The fourth-order valence-corrected chi connectivity index (χ4v) is 3.03. The van der Waals surface area contributed by atoms with Gasteiger partial charge < -0.3 is 20.1 Å². The summed E-state index contributed by atoms with van der Waals surface area (Å²) in [5.41, 5.74) is 0.275. The number of nitrogens with zero attached hydrogens (tertiary/aromatic N) is 2. The van der Waals surface area contributed by atoms with E-state index in [9.17, 15) is 14.7 Å². The first-order chi connectivity index (χ1) is 12.7. The van der Waals surface area contributed by atoms with Crippen LogP contribution >= 0.6 is 0 Å². The van der Waals surface area contributed by atoms with E-state index in [0.29, 0.717) is 13.1 Å². The first kappa shape index (κ1) is 20.9. The van der Waals surface area contributed by atoms with Gasteiger partial charge in [0.2, 0.25) is 5.91 Å². The van der Waals surface area contributed by atoms with Crippen molar-refractivity contribution in [3.63, 3.8) is 0 Å². The maximum atomic E-state index is 12.2. The topological polar surface area (TPSA) is 91.8 Å². The number of likely N-dealkylation sites (tertiary alicyclic amines) is 1. The number of aromatic nitrogens is 1. The van der Waals surface area contributed by atoms with Gasteiger partial charge in [0.15, 0.2) is 0 Å². The normalized spacial score (nSPS) is 21.3. The lowest BCUT2D eigenvalue weighted by molar-refractivity contribution is -0.117. The second-order valence-corrected chi connectivity index (χ2v) is 7.96. The molecule has 0 aliphatic carbocycles. The minimum atomic E-state index is -0.733. The molecule has 3 unspecified atom stereocenters. The molecule has 2 amide bonds. The van der Waals surface area contributed by atoms with Crippen LogP contribution in [0.3, 0.4) is 0 Å². The van der Waals surface area contributed by atoms with Gasteiger partial charge in [-0.15, -0.1) is 0 Å². The Balaban J connectivity index is 1.81. The quantitative estimate of drug-likeness (QED) is 0.769. The van der Waals surface area contributed by atoms with Crippen molar-refractivity contribution in [1.82, 2.24) is 15.2 Å². The van der Waals surface area contributed by atoms with Gasteiger partial charge in [-0.1, -0.05) is 13.0 Å². The second-order valence-electron chi connectivity index (χ2n) is 7.96. The molecule has 2 N–H and O–H groups in total. The van der Waals surface area contributed by atoms with Crippen molar-refractivity contribution in [3.05, 3.63) is 36.2 Å². The van der Waals surface area contributed by atoms with E-state index in [2.05, 4.69) is 10.3 Å². The molecule has 1 aromatic rings. The summed E-state index contributed by atoms with van der Waals surface area (Å²) in [7, 11) is 0. The largest absolute Gasteiger partial charge is 0.444 e. The molecule has 148 valence electrons. The summed E-state index contributed by atoms with van der Waals surface area (Å²) in [6.07, 6.45) is 5.29. The Hall–Kier alpha value is -2.41. The van der Waals surface area contributed by atoms with Crippen molar-refractivity contribution in [1.29, 1.82) is 0 Å². The average molecular weight is 375 g/mol. The van der Waals surface area contributed by atoms with Gasteiger partial charge in [0, 0.05) is 44.0 Å². The molecule has 3 atom stereocenters. The molecule has 27 heavy (non-hydrogen) atoms. The van der Waals surface area contributed by atoms with Crippen LogP contribution in [-0.4, -0.2) is 58.3 Å². The standard InChI is InChI=1S/C20H29N3O4/c1-14-12-23(19(26)27-20(2,3)4)13-16(14)17(24)11-22-18(25)8-7-15-6-5-9-21-10-15/h5-10,14,16-17,24H,11-13H2,1-4H3,(H,22,25)/b8-7+. The number of carbonyl (C=O) groups excluding carboxylic acids is 2. The molecule has 1 saturated heterocycles.